The maximum absolute atomic E-state index is 10.7. The van der Waals surface area contributed by atoms with Crippen LogP contribution in [0.15, 0.2) is 0 Å². The van der Waals surface area contributed by atoms with Crippen molar-refractivity contribution in [1.82, 2.24) is 5.32 Å². The molecule has 0 aliphatic rings. The van der Waals surface area contributed by atoms with Crippen molar-refractivity contribution in [2.24, 2.45) is 5.73 Å². The van der Waals surface area contributed by atoms with E-state index in [0.29, 0.717) is 6.54 Å². The van der Waals surface area contributed by atoms with Crippen molar-refractivity contribution < 1.29 is 4.79 Å². The van der Waals surface area contributed by atoms with E-state index >= 15 is 0 Å². The summed E-state index contributed by atoms with van der Waals surface area (Å²) >= 11 is 0. The average Bonchev–Trinajstić information content (AvgIpc) is 1.87. The number of amides is 1. The number of nitrogens with one attached hydrogen (secondary N) is 1. The molecule has 0 aromatic carbocycles. The lowest BCUT2D eigenvalue weighted by atomic mass is 10.2. The molecule has 3 nitrogen and oxygen atoms in total. The molecular formula is C8H14N2O. The van der Waals surface area contributed by atoms with Crippen LogP contribution in [0.4, 0.5) is 0 Å². The van der Waals surface area contributed by atoms with E-state index < -0.39 is 0 Å². The van der Waals surface area contributed by atoms with E-state index in [-0.39, 0.29) is 18.4 Å². The number of hydrogen-bond acceptors (Lipinski definition) is 2. The van der Waals surface area contributed by atoms with Gasteiger partial charge in [0.25, 0.3) is 0 Å². The zero-order valence-electron chi connectivity index (χ0n) is 6.76. The van der Waals surface area contributed by atoms with Crippen LogP contribution in [0.3, 0.4) is 0 Å². The Bertz CT molecular complexity index is 158. The topological polar surface area (TPSA) is 55.1 Å². The molecule has 3 heteroatoms. The van der Waals surface area contributed by atoms with E-state index in [1.807, 2.05) is 6.92 Å². The molecule has 3 N–H and O–H groups in total. The third-order valence-electron chi connectivity index (χ3n) is 1.18. The molecule has 0 aliphatic heterocycles. The second-order valence-corrected chi connectivity index (χ2v) is 2.50. The van der Waals surface area contributed by atoms with Gasteiger partial charge in [0.2, 0.25) is 5.91 Å². The van der Waals surface area contributed by atoms with E-state index in [9.17, 15) is 4.79 Å². The minimum absolute atomic E-state index is 0.104. The van der Waals surface area contributed by atoms with Gasteiger partial charge in [-0.15, -0.1) is 6.42 Å². The summed E-state index contributed by atoms with van der Waals surface area (Å²) < 4.78 is 0. The summed E-state index contributed by atoms with van der Waals surface area (Å²) in [7, 11) is 0. The molecule has 0 aliphatic carbocycles. The Labute approximate surface area is 67.3 Å². The van der Waals surface area contributed by atoms with Crippen molar-refractivity contribution in [3.63, 3.8) is 0 Å². The van der Waals surface area contributed by atoms with Gasteiger partial charge in [-0.2, -0.15) is 0 Å². The number of nitrogens with two attached hydrogens (primary N) is 1. The largest absolute Gasteiger partial charge is 0.355 e. The Hall–Kier alpha value is -1.01. The summed E-state index contributed by atoms with van der Waals surface area (Å²) in [4.78, 5) is 10.7. The predicted octanol–water partition coefficient (Wildman–Crippen LogP) is -0.137. The SMILES string of the molecule is C#CCC(=O)NCCC(C)N. The molecule has 1 atom stereocenters. The summed E-state index contributed by atoms with van der Waals surface area (Å²) in [5, 5.41) is 2.65. The maximum Gasteiger partial charge on any atom is 0.232 e. The smallest absolute Gasteiger partial charge is 0.232 e. The zero-order valence-corrected chi connectivity index (χ0v) is 6.76. The molecule has 1 unspecified atom stereocenters. The molecule has 1 amide bonds. The second-order valence-electron chi connectivity index (χ2n) is 2.50. The zero-order chi connectivity index (χ0) is 8.69. The molecule has 0 bridgehead atoms. The Kier molecular flexibility index (Phi) is 5.22. The van der Waals surface area contributed by atoms with Gasteiger partial charge in [-0.05, 0) is 13.3 Å². The van der Waals surface area contributed by atoms with Crippen LogP contribution in [0, 0.1) is 12.3 Å². The van der Waals surface area contributed by atoms with Crippen LogP contribution in [0.5, 0.6) is 0 Å². The number of terminal acetylenes is 1. The van der Waals surface area contributed by atoms with E-state index in [4.69, 9.17) is 12.2 Å². The monoisotopic (exact) mass is 154 g/mol. The highest BCUT2D eigenvalue weighted by molar-refractivity contribution is 5.78. The average molecular weight is 154 g/mol. The van der Waals surface area contributed by atoms with Crippen molar-refractivity contribution in [2.75, 3.05) is 6.54 Å². The van der Waals surface area contributed by atoms with Crippen molar-refractivity contribution in [1.29, 1.82) is 0 Å². The van der Waals surface area contributed by atoms with Crippen molar-refractivity contribution in [3.05, 3.63) is 0 Å². The Balaban J connectivity index is 3.26. The molecule has 0 radical (unpaired) electrons. The van der Waals surface area contributed by atoms with Gasteiger partial charge >= 0.3 is 0 Å². The fraction of sp³-hybridized carbons (Fsp3) is 0.625. The molecule has 0 spiro atoms. The molecule has 0 aromatic heterocycles. The fourth-order valence-electron chi connectivity index (χ4n) is 0.594. The Morgan fingerprint density at radius 1 is 1.82 bits per heavy atom. The number of hydrogen-bond donors (Lipinski definition) is 2. The van der Waals surface area contributed by atoms with Crippen LogP contribution < -0.4 is 11.1 Å². The number of carbonyl (C=O) groups is 1. The third kappa shape index (κ3) is 6.88. The quantitative estimate of drug-likeness (QED) is 0.554. The first-order valence-corrected chi connectivity index (χ1v) is 3.62. The van der Waals surface area contributed by atoms with Crippen molar-refractivity contribution in [2.45, 2.75) is 25.8 Å². The van der Waals surface area contributed by atoms with Crippen LogP contribution in [-0.2, 0) is 4.79 Å². The molecule has 0 saturated heterocycles. The van der Waals surface area contributed by atoms with Crippen LogP contribution in [0.1, 0.15) is 19.8 Å². The lowest BCUT2D eigenvalue weighted by Gasteiger charge is -2.04. The van der Waals surface area contributed by atoms with E-state index in [1.165, 1.54) is 0 Å². The second kappa shape index (κ2) is 5.75. The highest BCUT2D eigenvalue weighted by atomic mass is 16.1. The molecule has 0 heterocycles. The molecular weight excluding hydrogens is 140 g/mol. The van der Waals surface area contributed by atoms with Gasteiger partial charge in [-0.1, -0.05) is 5.92 Å². The van der Waals surface area contributed by atoms with Gasteiger partial charge in [0.15, 0.2) is 0 Å². The van der Waals surface area contributed by atoms with E-state index in [2.05, 4.69) is 11.2 Å². The molecule has 0 fully saturated rings. The van der Waals surface area contributed by atoms with Gasteiger partial charge < -0.3 is 11.1 Å². The fourth-order valence-corrected chi connectivity index (χ4v) is 0.594. The van der Waals surface area contributed by atoms with E-state index in [0.717, 1.165) is 6.42 Å². The number of rotatable bonds is 4. The summed E-state index contributed by atoms with van der Waals surface area (Å²) in [6.45, 7) is 2.51. The normalized spacial score (nSPS) is 11.7. The van der Waals surface area contributed by atoms with Gasteiger partial charge in [-0.3, -0.25) is 4.79 Å². The van der Waals surface area contributed by atoms with Gasteiger partial charge in [0.05, 0.1) is 6.42 Å². The summed E-state index contributed by atoms with van der Waals surface area (Å²) in [5.74, 6) is 2.16. The predicted molar refractivity (Wildman–Crippen MR) is 44.7 cm³/mol. The van der Waals surface area contributed by atoms with Gasteiger partial charge in [0.1, 0.15) is 0 Å². The molecule has 0 aromatic rings. The first kappa shape index (κ1) is 9.99. The lowest BCUT2D eigenvalue weighted by molar-refractivity contribution is -0.120. The highest BCUT2D eigenvalue weighted by Crippen LogP contribution is 1.83. The van der Waals surface area contributed by atoms with Crippen molar-refractivity contribution >= 4 is 5.91 Å². The van der Waals surface area contributed by atoms with Crippen LogP contribution in [0.25, 0.3) is 0 Å². The molecule has 62 valence electrons. The lowest BCUT2D eigenvalue weighted by Crippen LogP contribution is -2.28. The minimum Gasteiger partial charge on any atom is -0.355 e. The minimum atomic E-state index is -0.104. The van der Waals surface area contributed by atoms with Gasteiger partial charge in [-0.25, -0.2) is 0 Å². The molecule has 11 heavy (non-hydrogen) atoms. The van der Waals surface area contributed by atoms with Crippen LogP contribution in [-0.4, -0.2) is 18.5 Å². The van der Waals surface area contributed by atoms with Crippen molar-refractivity contribution in [3.8, 4) is 12.3 Å². The standard InChI is InChI=1S/C8H14N2O/c1-3-4-8(11)10-6-5-7(2)9/h1,7H,4-6,9H2,2H3,(H,10,11). The van der Waals surface area contributed by atoms with E-state index in [1.54, 1.807) is 0 Å². The first-order valence-electron chi connectivity index (χ1n) is 3.62. The van der Waals surface area contributed by atoms with Crippen LogP contribution in [0.2, 0.25) is 0 Å². The van der Waals surface area contributed by atoms with Crippen LogP contribution >= 0.6 is 0 Å². The summed E-state index contributed by atoms with van der Waals surface area (Å²) in [5.41, 5.74) is 5.46. The summed E-state index contributed by atoms with van der Waals surface area (Å²) in [6, 6.07) is 0.126. The Morgan fingerprint density at radius 3 is 2.91 bits per heavy atom. The third-order valence-corrected chi connectivity index (χ3v) is 1.18. The molecule has 0 rings (SSSR count). The molecule has 0 saturated carbocycles. The highest BCUT2D eigenvalue weighted by Gasteiger charge is 1.97. The van der Waals surface area contributed by atoms with Gasteiger partial charge in [0, 0.05) is 12.6 Å². The first-order chi connectivity index (χ1) is 5.16. The Morgan fingerprint density at radius 2 is 2.45 bits per heavy atom. The maximum atomic E-state index is 10.7. The number of carbonyl (C=O) groups excluding carboxylic acids is 1. The summed E-state index contributed by atoms with van der Waals surface area (Å²) in [6.07, 6.45) is 5.87.